The SMILES string of the molecule is CC1=NC=NC(N)C1C#N. The molecule has 0 saturated carbocycles. The highest BCUT2D eigenvalue weighted by atomic mass is 15.0. The molecule has 52 valence electrons. The zero-order chi connectivity index (χ0) is 7.56. The number of nitriles is 1. The molecular weight excluding hydrogens is 128 g/mol. The molecule has 0 spiro atoms. The van der Waals surface area contributed by atoms with Crippen molar-refractivity contribution in [1.29, 1.82) is 5.26 Å². The van der Waals surface area contributed by atoms with Crippen LogP contribution in [0.5, 0.6) is 0 Å². The van der Waals surface area contributed by atoms with Gasteiger partial charge in [0.25, 0.3) is 0 Å². The van der Waals surface area contributed by atoms with Crippen LogP contribution in [-0.4, -0.2) is 18.2 Å². The molecule has 0 bridgehead atoms. The van der Waals surface area contributed by atoms with E-state index < -0.39 is 6.17 Å². The van der Waals surface area contributed by atoms with Crippen LogP contribution in [0, 0.1) is 17.2 Å². The maximum absolute atomic E-state index is 8.55. The fourth-order valence-electron chi connectivity index (χ4n) is 0.785. The van der Waals surface area contributed by atoms with Crippen molar-refractivity contribution in [2.75, 3.05) is 0 Å². The average Bonchev–Trinajstić information content (AvgIpc) is 1.88. The normalized spacial score (nSPS) is 31.1. The molecule has 0 amide bonds. The molecule has 2 N–H and O–H groups in total. The summed E-state index contributed by atoms with van der Waals surface area (Å²) >= 11 is 0. The Morgan fingerprint density at radius 2 is 2.50 bits per heavy atom. The molecule has 1 aliphatic rings. The minimum atomic E-state index is -0.428. The van der Waals surface area contributed by atoms with Gasteiger partial charge in [-0.15, -0.1) is 0 Å². The van der Waals surface area contributed by atoms with Crippen molar-refractivity contribution >= 4 is 12.1 Å². The zero-order valence-electron chi connectivity index (χ0n) is 5.65. The van der Waals surface area contributed by atoms with Gasteiger partial charge in [-0.3, -0.25) is 4.99 Å². The minimum absolute atomic E-state index is 0.343. The number of aliphatic imine (C=N–C) groups is 2. The number of hydrogen-bond donors (Lipinski definition) is 1. The monoisotopic (exact) mass is 136 g/mol. The molecule has 1 rings (SSSR count). The number of hydrogen-bond acceptors (Lipinski definition) is 4. The first-order valence-corrected chi connectivity index (χ1v) is 2.97. The van der Waals surface area contributed by atoms with Crippen molar-refractivity contribution in [3.8, 4) is 6.07 Å². The van der Waals surface area contributed by atoms with Crippen LogP contribution < -0.4 is 5.73 Å². The Hall–Kier alpha value is -1.21. The molecule has 0 fully saturated rings. The van der Waals surface area contributed by atoms with Crippen LogP contribution in [0.15, 0.2) is 9.98 Å². The first kappa shape index (κ1) is 6.90. The molecule has 1 aliphatic heterocycles. The summed E-state index contributed by atoms with van der Waals surface area (Å²) in [7, 11) is 0. The van der Waals surface area contributed by atoms with E-state index in [9.17, 15) is 0 Å². The molecule has 0 radical (unpaired) electrons. The molecule has 0 aromatic heterocycles. The predicted octanol–water partition coefficient (Wildman–Crippen LogP) is -0.0862. The van der Waals surface area contributed by atoms with Crippen molar-refractivity contribution < 1.29 is 0 Å². The Morgan fingerprint density at radius 1 is 1.80 bits per heavy atom. The van der Waals surface area contributed by atoms with Gasteiger partial charge in [-0.25, -0.2) is 4.99 Å². The Morgan fingerprint density at radius 3 is 2.90 bits per heavy atom. The van der Waals surface area contributed by atoms with Crippen LogP contribution >= 0.6 is 0 Å². The lowest BCUT2D eigenvalue weighted by Crippen LogP contribution is -2.34. The summed E-state index contributed by atoms with van der Waals surface area (Å²) in [5.74, 6) is -0.343. The van der Waals surface area contributed by atoms with Crippen molar-refractivity contribution in [2.24, 2.45) is 21.6 Å². The van der Waals surface area contributed by atoms with Crippen LogP contribution in [0.25, 0.3) is 0 Å². The lowest BCUT2D eigenvalue weighted by Gasteiger charge is -2.15. The van der Waals surface area contributed by atoms with Gasteiger partial charge in [-0.05, 0) is 6.92 Å². The van der Waals surface area contributed by atoms with Gasteiger partial charge >= 0.3 is 0 Å². The molecule has 1 heterocycles. The second-order valence-electron chi connectivity index (χ2n) is 2.13. The van der Waals surface area contributed by atoms with Crippen molar-refractivity contribution in [1.82, 2.24) is 0 Å². The Kier molecular flexibility index (Phi) is 1.78. The molecular formula is C6H8N4. The number of nitrogens with zero attached hydrogens (tertiary/aromatic N) is 3. The van der Waals surface area contributed by atoms with Crippen LogP contribution in [-0.2, 0) is 0 Å². The molecule has 2 unspecified atom stereocenters. The van der Waals surface area contributed by atoms with Gasteiger partial charge in [0, 0.05) is 5.71 Å². The molecule has 4 heteroatoms. The first-order chi connectivity index (χ1) is 4.75. The van der Waals surface area contributed by atoms with Gasteiger partial charge in [0.15, 0.2) is 0 Å². The summed E-state index contributed by atoms with van der Waals surface area (Å²) < 4.78 is 0. The van der Waals surface area contributed by atoms with E-state index in [1.165, 1.54) is 6.34 Å². The third-order valence-corrected chi connectivity index (χ3v) is 1.43. The number of nitrogens with two attached hydrogens (primary N) is 1. The lowest BCUT2D eigenvalue weighted by atomic mass is 10.0. The highest BCUT2D eigenvalue weighted by Crippen LogP contribution is 2.07. The second kappa shape index (κ2) is 2.58. The molecule has 4 nitrogen and oxygen atoms in total. The highest BCUT2D eigenvalue weighted by Gasteiger charge is 2.20. The lowest BCUT2D eigenvalue weighted by molar-refractivity contribution is 0.638. The Labute approximate surface area is 59.1 Å². The largest absolute Gasteiger partial charge is 0.308 e. The standard InChI is InChI=1S/C6H8N4/c1-4-5(2-7)6(8)10-3-9-4/h3,5-6H,8H2,1H3. The Balaban J connectivity index is 2.84. The highest BCUT2D eigenvalue weighted by molar-refractivity contribution is 5.94. The van der Waals surface area contributed by atoms with Gasteiger partial charge in [-0.1, -0.05) is 0 Å². The van der Waals surface area contributed by atoms with Crippen molar-refractivity contribution in [2.45, 2.75) is 13.1 Å². The summed E-state index contributed by atoms with van der Waals surface area (Å²) in [6.07, 6.45) is 0.968. The van der Waals surface area contributed by atoms with Gasteiger partial charge in [0.2, 0.25) is 0 Å². The van der Waals surface area contributed by atoms with E-state index in [1.807, 2.05) is 6.07 Å². The molecule has 0 aromatic rings. The van der Waals surface area contributed by atoms with Crippen LogP contribution in [0.3, 0.4) is 0 Å². The van der Waals surface area contributed by atoms with Gasteiger partial charge in [-0.2, -0.15) is 5.26 Å². The fourth-order valence-corrected chi connectivity index (χ4v) is 0.785. The van der Waals surface area contributed by atoms with Gasteiger partial charge in [0.1, 0.15) is 18.4 Å². The zero-order valence-corrected chi connectivity index (χ0v) is 5.65. The second-order valence-corrected chi connectivity index (χ2v) is 2.13. The smallest absolute Gasteiger partial charge is 0.120 e. The predicted molar refractivity (Wildman–Crippen MR) is 38.7 cm³/mol. The topological polar surface area (TPSA) is 74.5 Å². The summed E-state index contributed by atoms with van der Waals surface area (Å²) in [6, 6.07) is 2.03. The fraction of sp³-hybridized carbons (Fsp3) is 0.500. The summed E-state index contributed by atoms with van der Waals surface area (Å²) in [6.45, 7) is 1.78. The molecule has 10 heavy (non-hydrogen) atoms. The first-order valence-electron chi connectivity index (χ1n) is 2.97. The summed E-state index contributed by atoms with van der Waals surface area (Å²) in [5, 5.41) is 8.55. The van der Waals surface area contributed by atoms with Crippen molar-refractivity contribution in [3.63, 3.8) is 0 Å². The van der Waals surface area contributed by atoms with E-state index in [0.717, 1.165) is 5.71 Å². The van der Waals surface area contributed by atoms with E-state index in [-0.39, 0.29) is 5.92 Å². The van der Waals surface area contributed by atoms with Gasteiger partial charge < -0.3 is 5.73 Å². The van der Waals surface area contributed by atoms with Crippen LogP contribution in [0.2, 0.25) is 0 Å². The third-order valence-electron chi connectivity index (χ3n) is 1.43. The van der Waals surface area contributed by atoms with Crippen LogP contribution in [0.1, 0.15) is 6.92 Å². The molecule has 0 aliphatic carbocycles. The van der Waals surface area contributed by atoms with E-state index in [0.29, 0.717) is 0 Å². The van der Waals surface area contributed by atoms with E-state index in [2.05, 4.69) is 9.98 Å². The average molecular weight is 136 g/mol. The van der Waals surface area contributed by atoms with E-state index in [1.54, 1.807) is 6.92 Å². The third kappa shape index (κ3) is 1.04. The summed E-state index contributed by atoms with van der Waals surface area (Å²) in [4.78, 5) is 7.63. The van der Waals surface area contributed by atoms with Crippen LogP contribution in [0.4, 0.5) is 0 Å². The van der Waals surface area contributed by atoms with E-state index in [4.69, 9.17) is 11.0 Å². The molecule has 2 atom stereocenters. The maximum Gasteiger partial charge on any atom is 0.120 e. The van der Waals surface area contributed by atoms with Crippen molar-refractivity contribution in [3.05, 3.63) is 0 Å². The Bertz CT molecular complexity index is 222. The summed E-state index contributed by atoms with van der Waals surface area (Å²) in [5.41, 5.74) is 6.22. The quantitative estimate of drug-likeness (QED) is 0.505. The van der Waals surface area contributed by atoms with E-state index >= 15 is 0 Å². The maximum atomic E-state index is 8.55. The molecule has 0 saturated heterocycles. The number of rotatable bonds is 0. The minimum Gasteiger partial charge on any atom is -0.308 e. The molecule has 0 aromatic carbocycles. The van der Waals surface area contributed by atoms with Gasteiger partial charge in [0.05, 0.1) is 6.07 Å².